The van der Waals surface area contributed by atoms with E-state index in [1.54, 1.807) is 0 Å². The van der Waals surface area contributed by atoms with E-state index in [0.717, 1.165) is 38.5 Å². The molecule has 0 saturated heterocycles. The predicted molar refractivity (Wildman–Crippen MR) is 237 cm³/mol. The highest BCUT2D eigenvalue weighted by Gasteiger charge is 2.27. The lowest BCUT2D eigenvalue weighted by Crippen LogP contribution is -2.07. The molecule has 0 spiro atoms. The Hall–Kier alpha value is -6.64. The molecule has 0 fully saturated rings. The summed E-state index contributed by atoms with van der Waals surface area (Å²) in [4.78, 5) is 0. The van der Waals surface area contributed by atoms with Crippen LogP contribution in [0.4, 0.5) is 0 Å². The zero-order valence-electron chi connectivity index (χ0n) is 31.5. The van der Waals surface area contributed by atoms with Crippen LogP contribution in [0.2, 0.25) is 0 Å². The van der Waals surface area contributed by atoms with E-state index in [0.29, 0.717) is 0 Å². The van der Waals surface area contributed by atoms with Crippen LogP contribution < -0.4 is 0 Å². The van der Waals surface area contributed by atoms with Gasteiger partial charge in [0.25, 0.3) is 0 Å². The van der Waals surface area contributed by atoms with Crippen LogP contribution in [0.1, 0.15) is 59.3 Å². The first-order valence-electron chi connectivity index (χ1n) is 20.2. The molecule has 0 radical (unpaired) electrons. The SMILES string of the molecule is C1=CC(c2cc(-c3ccccc3)cc(-n3c4c(c5c3CCC(c3ccc6c(c3)c3ccccc3n6-c3cccc(-c6ccccc6)c3)=C5)CCC=C4)c2)=CCC1. The van der Waals surface area contributed by atoms with E-state index in [-0.39, 0.29) is 0 Å². The minimum absolute atomic E-state index is 1.00. The van der Waals surface area contributed by atoms with Crippen LogP contribution in [0.5, 0.6) is 0 Å². The minimum Gasteiger partial charge on any atom is -0.313 e. The van der Waals surface area contributed by atoms with Crippen molar-refractivity contribution in [2.45, 2.75) is 38.5 Å². The van der Waals surface area contributed by atoms with Gasteiger partial charge in [0.1, 0.15) is 0 Å². The molecule has 3 aliphatic rings. The molecular formula is C54H42N2. The summed E-state index contributed by atoms with van der Waals surface area (Å²) in [6, 6.07) is 53.8. The zero-order valence-corrected chi connectivity index (χ0v) is 31.5. The van der Waals surface area contributed by atoms with Gasteiger partial charge in [-0.05, 0) is 155 Å². The molecule has 2 heterocycles. The lowest BCUT2D eigenvalue weighted by Gasteiger charge is -2.20. The van der Waals surface area contributed by atoms with Gasteiger partial charge in [-0.2, -0.15) is 0 Å². The Bertz CT molecular complexity index is 2940. The number of benzene rings is 6. The van der Waals surface area contributed by atoms with Crippen molar-refractivity contribution in [2.24, 2.45) is 0 Å². The fourth-order valence-corrected chi connectivity index (χ4v) is 9.45. The molecule has 2 heteroatoms. The van der Waals surface area contributed by atoms with Gasteiger partial charge >= 0.3 is 0 Å². The van der Waals surface area contributed by atoms with Crippen molar-refractivity contribution in [1.82, 2.24) is 9.13 Å². The maximum absolute atomic E-state index is 2.59. The van der Waals surface area contributed by atoms with Crippen LogP contribution in [-0.4, -0.2) is 9.13 Å². The highest BCUT2D eigenvalue weighted by molar-refractivity contribution is 6.10. The van der Waals surface area contributed by atoms with E-state index in [9.17, 15) is 0 Å². The third kappa shape index (κ3) is 5.56. The van der Waals surface area contributed by atoms with E-state index in [4.69, 9.17) is 0 Å². The number of aromatic nitrogens is 2. The second-order valence-corrected chi connectivity index (χ2v) is 15.4. The Balaban J connectivity index is 1.04. The van der Waals surface area contributed by atoms with Crippen LogP contribution in [-0.2, 0) is 12.8 Å². The van der Waals surface area contributed by atoms with Crippen molar-refractivity contribution in [3.8, 4) is 33.6 Å². The quantitative estimate of drug-likeness (QED) is 0.162. The van der Waals surface area contributed by atoms with Crippen molar-refractivity contribution in [1.29, 1.82) is 0 Å². The standard InChI is InChI=1S/C54H42N2/c1-4-15-37(16-5-1)40-21-14-22-45(32-40)55-51-25-12-10-23-47(51)49-35-41(27-29-53(49)55)42-28-30-54-50(36-42)48-24-11-13-26-52(48)56(54)46-33-43(38-17-6-2-7-18-38)31-44(34-46)39-19-8-3-9-20-39/h1-2,4-8,10,12-23,25-27,29,31-36H,3,9,11,24,28,30H2. The fraction of sp³-hybridized carbons (Fsp3) is 0.111. The molecular weight excluding hydrogens is 677 g/mol. The second kappa shape index (κ2) is 13.6. The van der Waals surface area contributed by atoms with Gasteiger partial charge in [0.2, 0.25) is 0 Å². The molecule has 3 aliphatic carbocycles. The molecule has 56 heavy (non-hydrogen) atoms. The number of hydrogen-bond donors (Lipinski definition) is 0. The average molecular weight is 719 g/mol. The molecule has 11 rings (SSSR count). The summed E-state index contributed by atoms with van der Waals surface area (Å²) in [6.45, 7) is 0. The van der Waals surface area contributed by atoms with Gasteiger partial charge in [-0.15, -0.1) is 0 Å². The Labute approximate surface area is 328 Å². The molecule has 8 aromatic rings. The van der Waals surface area contributed by atoms with Gasteiger partial charge < -0.3 is 9.13 Å². The van der Waals surface area contributed by atoms with Crippen molar-refractivity contribution < 1.29 is 0 Å². The summed E-state index contributed by atoms with van der Waals surface area (Å²) >= 11 is 0. The van der Waals surface area contributed by atoms with Crippen LogP contribution >= 0.6 is 0 Å². The maximum atomic E-state index is 2.59. The van der Waals surface area contributed by atoms with Crippen molar-refractivity contribution in [3.63, 3.8) is 0 Å². The molecule has 2 nitrogen and oxygen atoms in total. The second-order valence-electron chi connectivity index (χ2n) is 15.4. The van der Waals surface area contributed by atoms with Crippen LogP contribution in [0.3, 0.4) is 0 Å². The van der Waals surface area contributed by atoms with E-state index >= 15 is 0 Å². The molecule has 268 valence electrons. The van der Waals surface area contributed by atoms with E-state index in [1.165, 1.54) is 100 Å². The monoisotopic (exact) mass is 718 g/mol. The molecule has 0 atom stereocenters. The largest absolute Gasteiger partial charge is 0.313 e. The summed E-state index contributed by atoms with van der Waals surface area (Å²) < 4.78 is 5.03. The van der Waals surface area contributed by atoms with Gasteiger partial charge in [-0.3, -0.25) is 0 Å². The average Bonchev–Trinajstić information content (AvgIpc) is 3.79. The smallest absolute Gasteiger partial charge is 0.0541 e. The molecule has 6 aromatic carbocycles. The first-order chi connectivity index (χ1) is 27.8. The zero-order chi connectivity index (χ0) is 37.0. The lowest BCUT2D eigenvalue weighted by atomic mass is 9.88. The van der Waals surface area contributed by atoms with Crippen molar-refractivity contribution >= 4 is 45.1 Å². The number of rotatable bonds is 6. The summed E-state index contributed by atoms with van der Waals surface area (Å²) in [5.41, 5.74) is 20.9. The topological polar surface area (TPSA) is 9.86 Å². The maximum Gasteiger partial charge on any atom is 0.0541 e. The Morgan fingerprint density at radius 2 is 1.16 bits per heavy atom. The van der Waals surface area contributed by atoms with E-state index < -0.39 is 0 Å². The van der Waals surface area contributed by atoms with Gasteiger partial charge in [-0.1, -0.05) is 121 Å². The molecule has 0 N–H and O–H groups in total. The normalized spacial score (nSPS) is 14.8. The molecule has 0 unspecified atom stereocenters. The number of para-hydroxylation sites is 1. The molecule has 0 aliphatic heterocycles. The predicted octanol–water partition coefficient (Wildman–Crippen LogP) is 14.1. The van der Waals surface area contributed by atoms with Crippen molar-refractivity contribution in [2.75, 3.05) is 0 Å². The van der Waals surface area contributed by atoms with Crippen LogP contribution in [0.25, 0.3) is 78.7 Å². The molecule has 0 bridgehead atoms. The van der Waals surface area contributed by atoms with Gasteiger partial charge in [0.05, 0.1) is 11.0 Å². The highest BCUT2D eigenvalue weighted by atomic mass is 15.0. The summed E-state index contributed by atoms with van der Waals surface area (Å²) in [5.74, 6) is 0. The van der Waals surface area contributed by atoms with E-state index in [2.05, 4.69) is 191 Å². The molecule has 0 amide bonds. The number of hydrogen-bond acceptors (Lipinski definition) is 0. The Morgan fingerprint density at radius 1 is 0.429 bits per heavy atom. The van der Waals surface area contributed by atoms with Crippen molar-refractivity contribution in [3.05, 3.63) is 204 Å². The third-order valence-corrected chi connectivity index (χ3v) is 12.1. The lowest BCUT2D eigenvalue weighted by molar-refractivity contribution is 0.875. The number of allylic oxidation sites excluding steroid dienone is 6. The molecule has 0 saturated carbocycles. The van der Waals surface area contributed by atoms with E-state index in [1.807, 2.05) is 0 Å². The Morgan fingerprint density at radius 3 is 2.00 bits per heavy atom. The van der Waals surface area contributed by atoms with Gasteiger partial charge in [0, 0.05) is 33.5 Å². The van der Waals surface area contributed by atoms with Crippen LogP contribution in [0, 0.1) is 0 Å². The summed E-state index contributed by atoms with van der Waals surface area (Å²) in [7, 11) is 0. The van der Waals surface area contributed by atoms with Gasteiger partial charge in [0.15, 0.2) is 0 Å². The highest BCUT2D eigenvalue weighted by Crippen LogP contribution is 2.42. The summed E-state index contributed by atoms with van der Waals surface area (Å²) in [5, 5.41) is 2.59. The third-order valence-electron chi connectivity index (χ3n) is 12.1. The minimum atomic E-state index is 1.00. The fourth-order valence-electron chi connectivity index (χ4n) is 9.45. The Kier molecular flexibility index (Phi) is 7.95. The number of nitrogens with zero attached hydrogens (tertiary/aromatic N) is 2. The van der Waals surface area contributed by atoms with Gasteiger partial charge in [-0.25, -0.2) is 0 Å². The first-order valence-corrected chi connectivity index (χ1v) is 20.2. The molecule has 2 aromatic heterocycles. The first kappa shape index (κ1) is 32.8. The number of fused-ring (bicyclic) bond motifs is 6. The summed E-state index contributed by atoms with van der Waals surface area (Å²) in [6.07, 6.45) is 20.7. The van der Waals surface area contributed by atoms with Crippen LogP contribution in [0.15, 0.2) is 170 Å².